The summed E-state index contributed by atoms with van der Waals surface area (Å²) in [5, 5.41) is 10.4. The van der Waals surface area contributed by atoms with Crippen molar-refractivity contribution in [2.24, 2.45) is 58.0 Å². The molecule has 0 heterocycles. The molecule has 0 aromatic carbocycles. The molecular formula is C27H49NO. The monoisotopic (exact) mass is 403 g/mol. The second-order valence-corrected chi connectivity index (χ2v) is 12.9. The summed E-state index contributed by atoms with van der Waals surface area (Å²) >= 11 is 0. The first-order chi connectivity index (χ1) is 13.7. The summed E-state index contributed by atoms with van der Waals surface area (Å²) in [4.78, 5) is 0. The van der Waals surface area contributed by atoms with Gasteiger partial charge in [0.25, 0.3) is 0 Å². The van der Waals surface area contributed by atoms with Gasteiger partial charge in [0, 0.05) is 6.04 Å². The molecule has 0 unspecified atom stereocenters. The first-order valence-corrected chi connectivity index (χ1v) is 13.1. The molecular weight excluding hydrogens is 354 g/mol. The third-order valence-corrected chi connectivity index (χ3v) is 11.0. The minimum atomic E-state index is -0.263. The number of nitrogens with two attached hydrogens (primary N) is 1. The van der Waals surface area contributed by atoms with Gasteiger partial charge in [0.05, 0.1) is 6.10 Å². The highest BCUT2D eigenvalue weighted by atomic mass is 16.3. The summed E-state index contributed by atoms with van der Waals surface area (Å²) in [5.41, 5.74) is 7.36. The van der Waals surface area contributed by atoms with Crippen LogP contribution in [0.1, 0.15) is 105 Å². The summed E-state index contributed by atoms with van der Waals surface area (Å²) in [5.74, 6) is 6.11. The van der Waals surface area contributed by atoms with E-state index >= 15 is 0 Å². The van der Waals surface area contributed by atoms with E-state index in [0.29, 0.717) is 16.7 Å². The first-order valence-electron chi connectivity index (χ1n) is 13.1. The molecule has 2 nitrogen and oxygen atoms in total. The molecule has 0 bridgehead atoms. The number of rotatable bonds is 5. The zero-order valence-corrected chi connectivity index (χ0v) is 20.0. The lowest BCUT2D eigenvalue weighted by Gasteiger charge is -2.62. The number of aliphatic hydroxyl groups excluding tert-OH is 1. The van der Waals surface area contributed by atoms with Crippen LogP contribution >= 0.6 is 0 Å². The summed E-state index contributed by atoms with van der Waals surface area (Å²) in [6.07, 6.45) is 14.6. The van der Waals surface area contributed by atoms with Crippen molar-refractivity contribution in [1.29, 1.82) is 0 Å². The molecule has 168 valence electrons. The Morgan fingerprint density at radius 2 is 1.66 bits per heavy atom. The molecule has 2 heteroatoms. The summed E-state index contributed by atoms with van der Waals surface area (Å²) in [7, 11) is 0. The zero-order chi connectivity index (χ0) is 21.0. The second kappa shape index (κ2) is 8.12. The van der Waals surface area contributed by atoms with Crippen LogP contribution in [-0.4, -0.2) is 17.3 Å². The Morgan fingerprint density at radius 3 is 2.38 bits per heavy atom. The zero-order valence-electron chi connectivity index (χ0n) is 20.0. The van der Waals surface area contributed by atoms with Gasteiger partial charge < -0.3 is 10.8 Å². The maximum Gasteiger partial charge on any atom is 0.0694 e. The average Bonchev–Trinajstić information content (AvgIpc) is 3.00. The van der Waals surface area contributed by atoms with Crippen molar-refractivity contribution in [1.82, 2.24) is 0 Å². The fourth-order valence-electron chi connectivity index (χ4n) is 9.37. The van der Waals surface area contributed by atoms with Crippen LogP contribution in [0.25, 0.3) is 0 Å². The highest BCUT2D eigenvalue weighted by Crippen LogP contribution is 2.68. The molecule has 0 aromatic heterocycles. The maximum absolute atomic E-state index is 10.4. The van der Waals surface area contributed by atoms with Crippen LogP contribution in [0.5, 0.6) is 0 Å². The van der Waals surface area contributed by atoms with Crippen molar-refractivity contribution in [2.75, 3.05) is 0 Å². The number of fused-ring (bicyclic) bond motifs is 5. The van der Waals surface area contributed by atoms with Crippen LogP contribution in [0, 0.1) is 52.3 Å². The molecule has 0 aromatic rings. The Kier molecular flexibility index (Phi) is 6.19. The van der Waals surface area contributed by atoms with Crippen molar-refractivity contribution < 1.29 is 5.11 Å². The van der Waals surface area contributed by atoms with Crippen molar-refractivity contribution in [3.63, 3.8) is 0 Å². The van der Waals surface area contributed by atoms with Crippen LogP contribution in [0.15, 0.2) is 0 Å². The Bertz CT molecular complexity index is 575. The van der Waals surface area contributed by atoms with Gasteiger partial charge in [0.2, 0.25) is 0 Å². The molecule has 4 fully saturated rings. The SMILES string of the molecule is CC(C)CCC[C@@H](C)[C@H]1CC[C@H]2[C@@H]3CC[C@H]4C[C@H](O)[C@@H](N)C[C@]4(C)[C@H]3CC[C@@]12C. The molecule has 4 rings (SSSR count). The second-order valence-electron chi connectivity index (χ2n) is 12.9. The summed E-state index contributed by atoms with van der Waals surface area (Å²) in [6.45, 7) is 12.6. The standard InChI is InChI=1S/C27H49NO/c1-17(2)7-6-8-18(3)21-11-12-22-20-10-9-19-15-25(29)24(28)16-27(19,5)23(20)13-14-26(21,22)4/h17-25,29H,6-16,28H2,1-5H3/t18-,19+,20+,21-,22+,23+,24+,25+,26+,27+/m1/s1. The van der Waals surface area contributed by atoms with Crippen molar-refractivity contribution in [3.05, 3.63) is 0 Å². The van der Waals surface area contributed by atoms with Gasteiger partial charge in [-0.05, 0) is 104 Å². The topological polar surface area (TPSA) is 46.2 Å². The molecule has 4 aliphatic rings. The summed E-state index contributed by atoms with van der Waals surface area (Å²) < 4.78 is 0. The quantitative estimate of drug-likeness (QED) is 0.557. The van der Waals surface area contributed by atoms with E-state index in [4.69, 9.17) is 5.73 Å². The number of hydrogen-bond donors (Lipinski definition) is 2. The number of hydrogen-bond acceptors (Lipinski definition) is 2. The van der Waals surface area contributed by atoms with E-state index in [0.717, 1.165) is 48.3 Å². The molecule has 0 amide bonds. The predicted molar refractivity (Wildman–Crippen MR) is 122 cm³/mol. The van der Waals surface area contributed by atoms with Crippen LogP contribution in [0.4, 0.5) is 0 Å². The van der Waals surface area contributed by atoms with Gasteiger partial charge >= 0.3 is 0 Å². The minimum absolute atomic E-state index is 0.000571. The van der Waals surface area contributed by atoms with Crippen LogP contribution in [0.2, 0.25) is 0 Å². The van der Waals surface area contributed by atoms with Gasteiger partial charge in [-0.3, -0.25) is 0 Å². The molecule has 0 aliphatic heterocycles. The lowest BCUT2D eigenvalue weighted by molar-refractivity contribution is -0.133. The van der Waals surface area contributed by atoms with Gasteiger partial charge in [-0.1, -0.05) is 53.9 Å². The summed E-state index contributed by atoms with van der Waals surface area (Å²) in [6, 6.07) is 0.000571. The van der Waals surface area contributed by atoms with Gasteiger partial charge in [-0.15, -0.1) is 0 Å². The predicted octanol–water partition coefficient (Wildman–Crippen LogP) is 6.41. The Morgan fingerprint density at radius 1 is 0.931 bits per heavy atom. The normalized spacial score (nSPS) is 50.7. The molecule has 0 radical (unpaired) electrons. The fraction of sp³-hybridized carbons (Fsp3) is 1.00. The molecule has 0 spiro atoms. The lowest BCUT2D eigenvalue weighted by atomic mass is 9.44. The van der Waals surface area contributed by atoms with E-state index in [2.05, 4.69) is 34.6 Å². The van der Waals surface area contributed by atoms with E-state index < -0.39 is 0 Å². The maximum atomic E-state index is 10.4. The highest BCUT2D eigenvalue weighted by molar-refractivity contribution is 5.10. The molecule has 0 saturated heterocycles. The van der Waals surface area contributed by atoms with Gasteiger partial charge in [0.1, 0.15) is 0 Å². The lowest BCUT2D eigenvalue weighted by Crippen LogP contribution is -2.58. The van der Waals surface area contributed by atoms with E-state index in [1.54, 1.807) is 0 Å². The van der Waals surface area contributed by atoms with Crippen molar-refractivity contribution >= 4 is 0 Å². The molecule has 3 N–H and O–H groups in total. The smallest absolute Gasteiger partial charge is 0.0694 e. The first kappa shape index (κ1) is 22.1. The Labute approximate surface area is 180 Å². The van der Waals surface area contributed by atoms with Gasteiger partial charge in [0.15, 0.2) is 0 Å². The van der Waals surface area contributed by atoms with Crippen LogP contribution in [0.3, 0.4) is 0 Å². The molecule has 29 heavy (non-hydrogen) atoms. The fourth-order valence-corrected chi connectivity index (χ4v) is 9.37. The van der Waals surface area contributed by atoms with E-state index in [9.17, 15) is 5.11 Å². The van der Waals surface area contributed by atoms with Gasteiger partial charge in [-0.25, -0.2) is 0 Å². The number of aliphatic hydroxyl groups is 1. The Balaban J connectivity index is 1.47. The van der Waals surface area contributed by atoms with Crippen LogP contribution in [-0.2, 0) is 0 Å². The largest absolute Gasteiger partial charge is 0.392 e. The Hall–Kier alpha value is -0.0800. The third kappa shape index (κ3) is 3.73. The van der Waals surface area contributed by atoms with E-state index in [1.807, 2.05) is 0 Å². The molecule has 10 atom stereocenters. The minimum Gasteiger partial charge on any atom is -0.392 e. The molecule has 4 saturated carbocycles. The van der Waals surface area contributed by atoms with Crippen molar-refractivity contribution in [3.8, 4) is 0 Å². The van der Waals surface area contributed by atoms with E-state index in [1.165, 1.54) is 57.8 Å². The third-order valence-electron chi connectivity index (χ3n) is 11.0. The average molecular weight is 404 g/mol. The van der Waals surface area contributed by atoms with Crippen LogP contribution < -0.4 is 5.73 Å². The van der Waals surface area contributed by atoms with E-state index in [-0.39, 0.29) is 12.1 Å². The van der Waals surface area contributed by atoms with Crippen molar-refractivity contribution in [2.45, 2.75) is 117 Å². The molecule has 4 aliphatic carbocycles. The highest BCUT2D eigenvalue weighted by Gasteiger charge is 2.61. The van der Waals surface area contributed by atoms with Gasteiger partial charge in [-0.2, -0.15) is 0 Å².